The van der Waals surface area contributed by atoms with Crippen LogP contribution in [0.25, 0.3) is 0 Å². The summed E-state index contributed by atoms with van der Waals surface area (Å²) < 4.78 is 1.79. The number of aromatic nitrogens is 2. The highest BCUT2D eigenvalue weighted by molar-refractivity contribution is 7.98. The molecular formula is C19H18ClN3OS. The molecule has 0 atom stereocenters. The van der Waals surface area contributed by atoms with Gasteiger partial charge < -0.3 is 5.32 Å². The van der Waals surface area contributed by atoms with Gasteiger partial charge in [-0.2, -0.15) is 5.10 Å². The van der Waals surface area contributed by atoms with E-state index in [1.165, 1.54) is 5.56 Å². The Morgan fingerprint density at radius 2 is 2.00 bits per heavy atom. The van der Waals surface area contributed by atoms with Crippen LogP contribution in [0, 0.1) is 6.92 Å². The maximum Gasteiger partial charge on any atom is 0.257 e. The molecule has 0 radical (unpaired) electrons. The Hall–Kier alpha value is -2.24. The summed E-state index contributed by atoms with van der Waals surface area (Å²) in [7, 11) is 0. The summed E-state index contributed by atoms with van der Waals surface area (Å²) in [5.74, 6) is -0.240. The average Bonchev–Trinajstić information content (AvgIpc) is 3.04. The fourth-order valence-corrected chi connectivity index (χ4v) is 3.04. The van der Waals surface area contributed by atoms with Crippen molar-refractivity contribution >= 4 is 35.0 Å². The molecule has 3 aromatic rings. The minimum atomic E-state index is -0.240. The van der Waals surface area contributed by atoms with Gasteiger partial charge in [-0.05, 0) is 36.9 Å². The van der Waals surface area contributed by atoms with Gasteiger partial charge in [0.05, 0.1) is 29.0 Å². The monoisotopic (exact) mass is 371 g/mol. The highest BCUT2D eigenvalue weighted by Gasteiger charge is 2.12. The molecule has 0 aliphatic heterocycles. The minimum absolute atomic E-state index is 0.240. The molecular weight excluding hydrogens is 354 g/mol. The van der Waals surface area contributed by atoms with Crippen molar-refractivity contribution in [2.75, 3.05) is 11.6 Å². The molecule has 25 heavy (non-hydrogen) atoms. The number of halogens is 1. The number of hydrogen-bond acceptors (Lipinski definition) is 3. The highest BCUT2D eigenvalue weighted by atomic mass is 35.5. The van der Waals surface area contributed by atoms with E-state index in [4.69, 9.17) is 11.6 Å². The molecule has 0 fully saturated rings. The number of amides is 1. The van der Waals surface area contributed by atoms with Gasteiger partial charge in [0.1, 0.15) is 0 Å². The van der Waals surface area contributed by atoms with Crippen LogP contribution < -0.4 is 5.32 Å². The minimum Gasteiger partial charge on any atom is -0.319 e. The van der Waals surface area contributed by atoms with Gasteiger partial charge in [0.2, 0.25) is 0 Å². The average molecular weight is 372 g/mol. The molecule has 1 N–H and O–H groups in total. The number of thioether (sulfide) groups is 1. The zero-order valence-corrected chi connectivity index (χ0v) is 15.6. The summed E-state index contributed by atoms with van der Waals surface area (Å²) in [6.07, 6.45) is 5.41. The van der Waals surface area contributed by atoms with Crippen LogP contribution >= 0.6 is 23.4 Å². The van der Waals surface area contributed by atoms with E-state index in [0.29, 0.717) is 22.8 Å². The number of aryl methyl sites for hydroxylation is 1. The van der Waals surface area contributed by atoms with Gasteiger partial charge in [-0.25, -0.2) is 0 Å². The highest BCUT2D eigenvalue weighted by Crippen LogP contribution is 2.24. The lowest BCUT2D eigenvalue weighted by Gasteiger charge is -2.06. The van der Waals surface area contributed by atoms with Crippen LogP contribution in [0.4, 0.5) is 5.69 Å². The number of nitrogens with zero attached hydrogens (tertiary/aromatic N) is 2. The lowest BCUT2D eigenvalue weighted by molar-refractivity contribution is 0.102. The van der Waals surface area contributed by atoms with E-state index in [1.54, 1.807) is 34.8 Å². The molecule has 0 aliphatic carbocycles. The molecule has 0 unspecified atom stereocenters. The molecule has 0 aliphatic rings. The standard InChI is InChI=1S/C19H18ClN3OS/c1-13-3-5-14(6-4-13)11-23-12-15(10-21-23)22-19(24)17-9-16(25-2)7-8-18(17)20/h3-10,12H,11H2,1-2H3,(H,22,24). The van der Waals surface area contributed by atoms with Gasteiger partial charge in [0.25, 0.3) is 5.91 Å². The third-order valence-electron chi connectivity index (χ3n) is 3.77. The largest absolute Gasteiger partial charge is 0.319 e. The van der Waals surface area contributed by atoms with Crippen molar-refractivity contribution in [3.63, 3.8) is 0 Å². The fraction of sp³-hybridized carbons (Fsp3) is 0.158. The molecule has 4 nitrogen and oxygen atoms in total. The van der Waals surface area contributed by atoms with Crippen LogP contribution in [0.1, 0.15) is 21.5 Å². The van der Waals surface area contributed by atoms with E-state index >= 15 is 0 Å². The predicted octanol–water partition coefficient (Wildman–Crippen LogP) is 4.87. The maximum atomic E-state index is 12.5. The van der Waals surface area contributed by atoms with E-state index in [9.17, 15) is 4.79 Å². The predicted molar refractivity (Wildman–Crippen MR) is 104 cm³/mol. The lowest BCUT2D eigenvalue weighted by atomic mass is 10.1. The van der Waals surface area contributed by atoms with E-state index in [2.05, 4.69) is 41.6 Å². The van der Waals surface area contributed by atoms with Crippen LogP contribution in [0.15, 0.2) is 59.8 Å². The summed E-state index contributed by atoms with van der Waals surface area (Å²) in [5, 5.41) is 7.58. The third-order valence-corrected chi connectivity index (χ3v) is 4.83. The maximum absolute atomic E-state index is 12.5. The quantitative estimate of drug-likeness (QED) is 0.651. The van der Waals surface area contributed by atoms with Crippen molar-refractivity contribution in [1.29, 1.82) is 0 Å². The van der Waals surface area contributed by atoms with Gasteiger partial charge in [0.15, 0.2) is 0 Å². The summed E-state index contributed by atoms with van der Waals surface area (Å²) in [6, 6.07) is 13.7. The van der Waals surface area contributed by atoms with Crippen LogP contribution in [0.3, 0.4) is 0 Å². The normalized spacial score (nSPS) is 10.7. The number of carbonyl (C=O) groups excluding carboxylic acids is 1. The van der Waals surface area contributed by atoms with E-state index in [1.807, 2.05) is 18.5 Å². The SMILES string of the molecule is CSc1ccc(Cl)c(C(=O)Nc2cnn(Cc3ccc(C)cc3)c2)c1. The topological polar surface area (TPSA) is 46.9 Å². The molecule has 6 heteroatoms. The first-order valence-electron chi connectivity index (χ1n) is 7.78. The molecule has 0 bridgehead atoms. The van der Waals surface area contributed by atoms with E-state index < -0.39 is 0 Å². The summed E-state index contributed by atoms with van der Waals surface area (Å²) >= 11 is 7.72. The van der Waals surface area contributed by atoms with Gasteiger partial charge in [-0.3, -0.25) is 9.48 Å². The van der Waals surface area contributed by atoms with Crippen LogP contribution in [0.5, 0.6) is 0 Å². The second kappa shape index (κ2) is 7.76. The van der Waals surface area contributed by atoms with Crippen LogP contribution in [0.2, 0.25) is 5.02 Å². The Labute approximate surface area is 156 Å². The zero-order chi connectivity index (χ0) is 17.8. The van der Waals surface area contributed by atoms with E-state index in [-0.39, 0.29) is 5.91 Å². The van der Waals surface area contributed by atoms with E-state index in [0.717, 1.165) is 10.5 Å². The van der Waals surface area contributed by atoms with Crippen molar-refractivity contribution < 1.29 is 4.79 Å². The van der Waals surface area contributed by atoms with Crippen molar-refractivity contribution in [3.8, 4) is 0 Å². The molecule has 1 amide bonds. The number of nitrogens with one attached hydrogen (secondary N) is 1. The fourth-order valence-electron chi connectivity index (χ4n) is 2.40. The van der Waals surface area contributed by atoms with Gasteiger partial charge in [-0.1, -0.05) is 41.4 Å². The number of benzene rings is 2. The molecule has 1 heterocycles. The summed E-state index contributed by atoms with van der Waals surface area (Å²) in [4.78, 5) is 13.5. The Morgan fingerprint density at radius 1 is 1.24 bits per heavy atom. The molecule has 2 aromatic carbocycles. The number of anilines is 1. The first-order valence-corrected chi connectivity index (χ1v) is 9.38. The van der Waals surface area contributed by atoms with Gasteiger partial charge in [-0.15, -0.1) is 11.8 Å². The Balaban J connectivity index is 1.70. The first kappa shape index (κ1) is 17.6. The zero-order valence-electron chi connectivity index (χ0n) is 14.0. The molecule has 0 saturated carbocycles. The number of carbonyl (C=O) groups is 1. The Morgan fingerprint density at radius 3 is 2.72 bits per heavy atom. The second-order valence-electron chi connectivity index (χ2n) is 5.71. The first-order chi connectivity index (χ1) is 12.0. The smallest absolute Gasteiger partial charge is 0.257 e. The van der Waals surface area contributed by atoms with Crippen LogP contribution in [-0.2, 0) is 6.54 Å². The molecule has 0 saturated heterocycles. The Kier molecular flexibility index (Phi) is 5.46. The lowest BCUT2D eigenvalue weighted by Crippen LogP contribution is -2.12. The molecule has 1 aromatic heterocycles. The number of hydrogen-bond donors (Lipinski definition) is 1. The Bertz CT molecular complexity index is 890. The molecule has 0 spiro atoms. The van der Waals surface area contributed by atoms with Crippen molar-refractivity contribution in [1.82, 2.24) is 9.78 Å². The summed E-state index contributed by atoms with van der Waals surface area (Å²) in [5.41, 5.74) is 3.48. The molecule has 3 rings (SSSR count). The van der Waals surface area contributed by atoms with Gasteiger partial charge >= 0.3 is 0 Å². The summed E-state index contributed by atoms with van der Waals surface area (Å²) in [6.45, 7) is 2.71. The third kappa shape index (κ3) is 4.44. The van der Waals surface area contributed by atoms with Crippen molar-refractivity contribution in [2.45, 2.75) is 18.4 Å². The molecule has 128 valence electrons. The van der Waals surface area contributed by atoms with Crippen molar-refractivity contribution in [3.05, 3.63) is 76.6 Å². The van der Waals surface area contributed by atoms with Crippen molar-refractivity contribution in [2.24, 2.45) is 0 Å². The van der Waals surface area contributed by atoms with Crippen LogP contribution in [-0.4, -0.2) is 21.9 Å². The second-order valence-corrected chi connectivity index (χ2v) is 7.00. The number of rotatable bonds is 5. The van der Waals surface area contributed by atoms with Gasteiger partial charge in [0, 0.05) is 11.1 Å².